The molecule has 2 atom stereocenters. The molecular weight excluding hydrogens is 228 g/mol. The maximum atomic E-state index is 9.41. The summed E-state index contributed by atoms with van der Waals surface area (Å²) in [5.41, 5.74) is -0.361. The molecule has 1 saturated carbocycles. The molecule has 0 radical (unpaired) electrons. The zero-order valence-corrected chi connectivity index (χ0v) is 11.7. The number of hydrogen-bond acceptors (Lipinski definition) is 4. The summed E-state index contributed by atoms with van der Waals surface area (Å²) in [5.74, 6) is 0. The summed E-state index contributed by atoms with van der Waals surface area (Å²) in [7, 11) is 1.70. The van der Waals surface area contributed by atoms with Gasteiger partial charge in [-0.2, -0.15) is 5.26 Å². The Morgan fingerprint density at radius 2 is 2.28 bits per heavy atom. The van der Waals surface area contributed by atoms with E-state index >= 15 is 0 Å². The summed E-state index contributed by atoms with van der Waals surface area (Å²) in [6.45, 7) is 4.50. The predicted molar refractivity (Wildman–Crippen MR) is 71.3 cm³/mol. The Balaban J connectivity index is 2.36. The van der Waals surface area contributed by atoms with Crippen LogP contribution in [-0.2, 0) is 9.47 Å². The van der Waals surface area contributed by atoms with Gasteiger partial charge in [0, 0.05) is 26.7 Å². The number of nitrogens with zero attached hydrogens (tertiary/aromatic N) is 1. The standard InChI is InChI=1S/C14H26N2O2/c1-3-8-16-14(12-15)7-4-6-13(11-14)18-10-5-9-17-2/h13,16H,3-11H2,1-2H3. The molecule has 0 aromatic heterocycles. The average molecular weight is 254 g/mol. The van der Waals surface area contributed by atoms with Crippen LogP contribution < -0.4 is 5.32 Å². The first kappa shape index (κ1) is 15.4. The van der Waals surface area contributed by atoms with Crippen molar-refractivity contribution in [3.8, 4) is 6.07 Å². The van der Waals surface area contributed by atoms with Gasteiger partial charge in [0.05, 0.1) is 12.2 Å². The van der Waals surface area contributed by atoms with E-state index in [2.05, 4.69) is 18.3 Å². The second-order valence-electron chi connectivity index (χ2n) is 5.06. The highest BCUT2D eigenvalue weighted by Crippen LogP contribution is 2.29. The van der Waals surface area contributed by atoms with Crippen molar-refractivity contribution in [1.29, 1.82) is 5.26 Å². The van der Waals surface area contributed by atoms with Gasteiger partial charge in [0.15, 0.2) is 0 Å². The van der Waals surface area contributed by atoms with E-state index in [9.17, 15) is 5.26 Å². The lowest BCUT2D eigenvalue weighted by Crippen LogP contribution is -2.49. The average Bonchev–Trinajstić information content (AvgIpc) is 2.42. The van der Waals surface area contributed by atoms with E-state index in [-0.39, 0.29) is 11.6 Å². The molecular formula is C14H26N2O2. The summed E-state index contributed by atoms with van der Waals surface area (Å²) < 4.78 is 10.9. The molecule has 18 heavy (non-hydrogen) atoms. The third-order valence-electron chi connectivity index (χ3n) is 3.48. The third-order valence-corrected chi connectivity index (χ3v) is 3.48. The molecule has 0 spiro atoms. The van der Waals surface area contributed by atoms with Gasteiger partial charge in [-0.05, 0) is 38.6 Å². The van der Waals surface area contributed by atoms with Crippen molar-refractivity contribution in [3.63, 3.8) is 0 Å². The molecule has 2 unspecified atom stereocenters. The fourth-order valence-electron chi connectivity index (χ4n) is 2.49. The maximum absolute atomic E-state index is 9.41. The fourth-order valence-corrected chi connectivity index (χ4v) is 2.49. The number of nitriles is 1. The quantitative estimate of drug-likeness (QED) is 0.675. The second kappa shape index (κ2) is 8.47. The van der Waals surface area contributed by atoms with E-state index in [1.807, 2.05) is 0 Å². The monoisotopic (exact) mass is 254 g/mol. The normalized spacial score (nSPS) is 27.9. The zero-order chi connectivity index (χ0) is 13.3. The molecule has 1 aliphatic rings. The number of nitrogens with one attached hydrogen (secondary N) is 1. The molecule has 0 saturated heterocycles. The molecule has 0 heterocycles. The van der Waals surface area contributed by atoms with Crippen LogP contribution in [0, 0.1) is 11.3 Å². The van der Waals surface area contributed by atoms with E-state index in [1.54, 1.807) is 7.11 Å². The molecule has 4 nitrogen and oxygen atoms in total. The first-order chi connectivity index (χ1) is 8.76. The van der Waals surface area contributed by atoms with Crippen LogP contribution in [-0.4, -0.2) is 38.5 Å². The van der Waals surface area contributed by atoms with Crippen LogP contribution in [0.25, 0.3) is 0 Å². The Kier molecular flexibility index (Phi) is 7.26. The minimum absolute atomic E-state index is 0.222. The van der Waals surface area contributed by atoms with Crippen LogP contribution in [0.2, 0.25) is 0 Å². The van der Waals surface area contributed by atoms with Gasteiger partial charge < -0.3 is 9.47 Å². The van der Waals surface area contributed by atoms with Gasteiger partial charge >= 0.3 is 0 Å². The second-order valence-corrected chi connectivity index (χ2v) is 5.06. The molecule has 104 valence electrons. The van der Waals surface area contributed by atoms with Gasteiger partial charge in [0.2, 0.25) is 0 Å². The number of ether oxygens (including phenoxy) is 2. The van der Waals surface area contributed by atoms with Gasteiger partial charge in [-0.15, -0.1) is 0 Å². The first-order valence-corrected chi connectivity index (χ1v) is 7.03. The number of hydrogen-bond donors (Lipinski definition) is 1. The van der Waals surface area contributed by atoms with Crippen molar-refractivity contribution in [2.75, 3.05) is 26.9 Å². The molecule has 0 amide bonds. The molecule has 1 fully saturated rings. The first-order valence-electron chi connectivity index (χ1n) is 7.03. The van der Waals surface area contributed by atoms with Crippen molar-refractivity contribution in [3.05, 3.63) is 0 Å². The Labute approximate surface area is 111 Å². The van der Waals surface area contributed by atoms with Crippen molar-refractivity contribution in [2.45, 2.75) is 57.1 Å². The highest BCUT2D eigenvalue weighted by Gasteiger charge is 2.36. The molecule has 0 aliphatic heterocycles. The third kappa shape index (κ3) is 4.93. The number of methoxy groups -OCH3 is 1. The largest absolute Gasteiger partial charge is 0.385 e. The summed E-state index contributed by atoms with van der Waals surface area (Å²) >= 11 is 0. The van der Waals surface area contributed by atoms with Crippen molar-refractivity contribution < 1.29 is 9.47 Å². The molecule has 1 aliphatic carbocycles. The maximum Gasteiger partial charge on any atom is 0.109 e. The van der Waals surface area contributed by atoms with Crippen LogP contribution in [0.5, 0.6) is 0 Å². The molecule has 4 heteroatoms. The van der Waals surface area contributed by atoms with Crippen LogP contribution in [0.15, 0.2) is 0 Å². The highest BCUT2D eigenvalue weighted by molar-refractivity contribution is 5.10. The summed E-state index contributed by atoms with van der Waals surface area (Å²) in [6.07, 6.45) is 6.11. The lowest BCUT2D eigenvalue weighted by molar-refractivity contribution is 0.00126. The Morgan fingerprint density at radius 3 is 2.94 bits per heavy atom. The van der Waals surface area contributed by atoms with Gasteiger partial charge in [0.25, 0.3) is 0 Å². The zero-order valence-electron chi connectivity index (χ0n) is 11.7. The van der Waals surface area contributed by atoms with Crippen LogP contribution in [0.1, 0.15) is 45.4 Å². The van der Waals surface area contributed by atoms with Gasteiger partial charge in [-0.25, -0.2) is 0 Å². The SMILES string of the molecule is CCCNC1(C#N)CCCC(OCCCOC)C1. The lowest BCUT2D eigenvalue weighted by atomic mass is 9.81. The van der Waals surface area contributed by atoms with E-state index in [1.165, 1.54) is 0 Å². The van der Waals surface area contributed by atoms with Crippen molar-refractivity contribution in [2.24, 2.45) is 0 Å². The highest BCUT2D eigenvalue weighted by atomic mass is 16.5. The molecule has 1 rings (SSSR count). The minimum Gasteiger partial charge on any atom is -0.385 e. The Morgan fingerprint density at radius 1 is 1.44 bits per heavy atom. The Bertz CT molecular complexity index is 265. The number of rotatable bonds is 8. The van der Waals surface area contributed by atoms with E-state index in [0.717, 1.165) is 58.3 Å². The summed E-state index contributed by atoms with van der Waals surface area (Å²) in [5, 5.41) is 12.8. The fraction of sp³-hybridized carbons (Fsp3) is 0.929. The minimum atomic E-state index is -0.361. The van der Waals surface area contributed by atoms with Crippen molar-refractivity contribution in [1.82, 2.24) is 5.32 Å². The smallest absolute Gasteiger partial charge is 0.109 e. The summed E-state index contributed by atoms with van der Waals surface area (Å²) in [6, 6.07) is 2.47. The van der Waals surface area contributed by atoms with Crippen LogP contribution in [0.3, 0.4) is 0 Å². The van der Waals surface area contributed by atoms with Crippen LogP contribution in [0.4, 0.5) is 0 Å². The lowest BCUT2D eigenvalue weighted by Gasteiger charge is -2.36. The molecule has 1 N–H and O–H groups in total. The van der Waals surface area contributed by atoms with Crippen LogP contribution >= 0.6 is 0 Å². The Hall–Kier alpha value is -0.630. The van der Waals surface area contributed by atoms with E-state index in [0.29, 0.717) is 0 Å². The van der Waals surface area contributed by atoms with E-state index < -0.39 is 0 Å². The van der Waals surface area contributed by atoms with Crippen molar-refractivity contribution >= 4 is 0 Å². The van der Waals surface area contributed by atoms with Gasteiger partial charge in [0.1, 0.15) is 5.54 Å². The van der Waals surface area contributed by atoms with E-state index in [4.69, 9.17) is 9.47 Å². The molecule has 0 aromatic carbocycles. The van der Waals surface area contributed by atoms with Gasteiger partial charge in [-0.3, -0.25) is 5.32 Å². The topological polar surface area (TPSA) is 54.3 Å². The predicted octanol–water partition coefficient (Wildman–Crippen LogP) is 2.24. The molecule has 0 bridgehead atoms. The molecule has 0 aromatic rings. The van der Waals surface area contributed by atoms with Gasteiger partial charge in [-0.1, -0.05) is 6.92 Å². The summed E-state index contributed by atoms with van der Waals surface area (Å²) in [4.78, 5) is 0.